The van der Waals surface area contributed by atoms with Crippen molar-refractivity contribution in [2.75, 3.05) is 33.0 Å². The number of amides is 1. The first-order valence-corrected chi connectivity index (χ1v) is 6.13. The molecule has 16 heavy (non-hydrogen) atoms. The Hall–Kier alpha value is -0.900. The molecule has 9 heteroatoms. The molecular formula is C7H16N2O6S. The van der Waals surface area contributed by atoms with Crippen LogP contribution in [0.1, 0.15) is 6.92 Å². The molecule has 0 radical (unpaired) electrons. The number of carbonyl (C=O) groups excluding carboxylic acids is 1. The zero-order valence-corrected chi connectivity index (χ0v) is 9.75. The smallest absolute Gasteiger partial charge is 0.421 e. The van der Waals surface area contributed by atoms with E-state index in [-0.39, 0.29) is 33.0 Å². The van der Waals surface area contributed by atoms with Gasteiger partial charge in [0.1, 0.15) is 0 Å². The Morgan fingerprint density at radius 1 is 1.38 bits per heavy atom. The van der Waals surface area contributed by atoms with Gasteiger partial charge >= 0.3 is 16.3 Å². The Morgan fingerprint density at radius 3 is 2.62 bits per heavy atom. The van der Waals surface area contributed by atoms with Crippen LogP contribution in [-0.4, -0.2) is 52.6 Å². The molecule has 0 aliphatic carbocycles. The summed E-state index contributed by atoms with van der Waals surface area (Å²) in [7, 11) is -3.91. The zero-order chi connectivity index (χ0) is 12.4. The standard InChI is InChI=1S/C7H16N2O6S/c1-2-15-7(11)9-16(12,13)8-3-5-14-6-4-10/h8,10H,2-6H2,1H3,(H,9,11). The second-order valence-corrected chi connectivity index (χ2v) is 4.06. The molecule has 0 spiro atoms. The van der Waals surface area contributed by atoms with Gasteiger partial charge in [-0.1, -0.05) is 0 Å². The van der Waals surface area contributed by atoms with Crippen LogP contribution in [0.15, 0.2) is 0 Å². The molecule has 3 N–H and O–H groups in total. The van der Waals surface area contributed by atoms with E-state index in [9.17, 15) is 13.2 Å². The van der Waals surface area contributed by atoms with Crippen molar-refractivity contribution in [3.05, 3.63) is 0 Å². The quantitative estimate of drug-likeness (QED) is 0.459. The minimum Gasteiger partial charge on any atom is -0.449 e. The zero-order valence-electron chi connectivity index (χ0n) is 8.93. The SMILES string of the molecule is CCOC(=O)NS(=O)(=O)NCCOCCO. The van der Waals surface area contributed by atoms with Crippen molar-refractivity contribution in [2.24, 2.45) is 0 Å². The molecule has 1 amide bonds. The van der Waals surface area contributed by atoms with Crippen LogP contribution in [0.5, 0.6) is 0 Å². The lowest BCUT2D eigenvalue weighted by Crippen LogP contribution is -2.41. The molecule has 0 heterocycles. The third-order valence-electron chi connectivity index (χ3n) is 1.27. The number of aliphatic hydroxyl groups excluding tert-OH is 1. The normalized spacial score (nSPS) is 11.1. The molecule has 0 bridgehead atoms. The van der Waals surface area contributed by atoms with Crippen molar-refractivity contribution in [1.82, 2.24) is 9.44 Å². The fourth-order valence-electron chi connectivity index (χ4n) is 0.721. The number of ether oxygens (including phenoxy) is 2. The van der Waals surface area contributed by atoms with Crippen LogP contribution in [0.25, 0.3) is 0 Å². The first kappa shape index (κ1) is 15.1. The molecule has 0 fully saturated rings. The lowest BCUT2D eigenvalue weighted by atomic mass is 10.7. The van der Waals surface area contributed by atoms with Gasteiger partial charge in [-0.15, -0.1) is 0 Å². The molecule has 0 atom stereocenters. The predicted molar refractivity (Wildman–Crippen MR) is 55.0 cm³/mol. The highest BCUT2D eigenvalue weighted by Crippen LogP contribution is 1.82. The van der Waals surface area contributed by atoms with Gasteiger partial charge in [0.2, 0.25) is 0 Å². The van der Waals surface area contributed by atoms with Crippen molar-refractivity contribution in [3.63, 3.8) is 0 Å². The highest BCUT2D eigenvalue weighted by Gasteiger charge is 2.13. The Balaban J connectivity index is 3.74. The summed E-state index contributed by atoms with van der Waals surface area (Å²) in [6, 6.07) is 0. The van der Waals surface area contributed by atoms with Crippen LogP contribution in [0.3, 0.4) is 0 Å². The average Bonchev–Trinajstić information content (AvgIpc) is 2.16. The lowest BCUT2D eigenvalue weighted by molar-refractivity contribution is 0.0961. The van der Waals surface area contributed by atoms with Crippen LogP contribution in [0.4, 0.5) is 4.79 Å². The van der Waals surface area contributed by atoms with E-state index >= 15 is 0 Å². The molecule has 0 rings (SSSR count). The highest BCUT2D eigenvalue weighted by molar-refractivity contribution is 7.88. The molecule has 0 saturated carbocycles. The molecule has 96 valence electrons. The summed E-state index contributed by atoms with van der Waals surface area (Å²) >= 11 is 0. The molecular weight excluding hydrogens is 240 g/mol. The minimum atomic E-state index is -3.91. The van der Waals surface area contributed by atoms with Gasteiger partial charge < -0.3 is 14.6 Å². The summed E-state index contributed by atoms with van der Waals surface area (Å²) in [4.78, 5) is 10.8. The van der Waals surface area contributed by atoms with E-state index in [2.05, 4.69) is 9.46 Å². The minimum absolute atomic E-state index is 0.00522. The predicted octanol–water partition coefficient (Wildman–Crippen LogP) is -1.42. The fraction of sp³-hybridized carbons (Fsp3) is 0.857. The van der Waals surface area contributed by atoms with E-state index in [1.54, 1.807) is 11.6 Å². The van der Waals surface area contributed by atoms with Gasteiger partial charge in [-0.2, -0.15) is 13.1 Å². The second kappa shape index (κ2) is 8.28. The molecule has 8 nitrogen and oxygen atoms in total. The van der Waals surface area contributed by atoms with Gasteiger partial charge in [-0.05, 0) is 6.92 Å². The number of aliphatic hydroxyl groups is 1. The topological polar surface area (TPSA) is 114 Å². The molecule has 0 aliphatic heterocycles. The van der Waals surface area contributed by atoms with Gasteiger partial charge in [0.05, 0.1) is 26.4 Å². The van der Waals surface area contributed by atoms with Crippen LogP contribution in [0.2, 0.25) is 0 Å². The van der Waals surface area contributed by atoms with Crippen LogP contribution in [-0.2, 0) is 19.7 Å². The molecule has 0 saturated heterocycles. The maximum absolute atomic E-state index is 11.1. The first-order chi connectivity index (χ1) is 7.52. The number of hydrogen-bond acceptors (Lipinski definition) is 6. The average molecular weight is 256 g/mol. The summed E-state index contributed by atoms with van der Waals surface area (Å²) < 4.78 is 35.1. The van der Waals surface area contributed by atoms with E-state index in [1.807, 2.05) is 0 Å². The third kappa shape index (κ3) is 8.41. The molecule has 0 aromatic carbocycles. The summed E-state index contributed by atoms with van der Waals surface area (Å²) in [5.74, 6) is 0. The molecule has 0 aromatic heterocycles. The maximum atomic E-state index is 11.1. The summed E-state index contributed by atoms with van der Waals surface area (Å²) in [5.41, 5.74) is 0. The van der Waals surface area contributed by atoms with E-state index < -0.39 is 16.3 Å². The number of nitrogens with one attached hydrogen (secondary N) is 2. The van der Waals surface area contributed by atoms with Crippen molar-refractivity contribution in [3.8, 4) is 0 Å². The van der Waals surface area contributed by atoms with Crippen molar-refractivity contribution in [2.45, 2.75) is 6.92 Å². The highest BCUT2D eigenvalue weighted by atomic mass is 32.2. The Labute approximate surface area is 94.1 Å². The number of hydrogen-bond donors (Lipinski definition) is 3. The van der Waals surface area contributed by atoms with Crippen LogP contribution >= 0.6 is 0 Å². The van der Waals surface area contributed by atoms with Crippen LogP contribution in [0, 0.1) is 0 Å². The first-order valence-electron chi connectivity index (χ1n) is 4.64. The molecule has 0 aromatic rings. The van der Waals surface area contributed by atoms with E-state index in [0.29, 0.717) is 0 Å². The fourth-order valence-corrected chi connectivity index (χ4v) is 1.42. The van der Waals surface area contributed by atoms with Crippen molar-refractivity contribution in [1.29, 1.82) is 0 Å². The van der Waals surface area contributed by atoms with E-state index in [4.69, 9.17) is 9.84 Å². The number of rotatable bonds is 8. The van der Waals surface area contributed by atoms with Gasteiger partial charge in [-0.3, -0.25) is 0 Å². The van der Waals surface area contributed by atoms with E-state index in [1.165, 1.54) is 0 Å². The van der Waals surface area contributed by atoms with E-state index in [0.717, 1.165) is 0 Å². The monoisotopic (exact) mass is 256 g/mol. The largest absolute Gasteiger partial charge is 0.449 e. The lowest BCUT2D eigenvalue weighted by Gasteiger charge is -2.08. The summed E-state index contributed by atoms with van der Waals surface area (Å²) in [5, 5.41) is 8.37. The van der Waals surface area contributed by atoms with Crippen molar-refractivity contribution < 1.29 is 27.8 Å². The Morgan fingerprint density at radius 2 is 2.06 bits per heavy atom. The Bertz CT molecular complexity index is 291. The van der Waals surface area contributed by atoms with Gasteiger partial charge in [0.15, 0.2) is 0 Å². The van der Waals surface area contributed by atoms with Gasteiger partial charge in [-0.25, -0.2) is 9.52 Å². The number of carbonyl (C=O) groups is 1. The third-order valence-corrected chi connectivity index (χ3v) is 2.29. The summed E-state index contributed by atoms with van der Waals surface area (Å²) in [6.45, 7) is 1.74. The van der Waals surface area contributed by atoms with Crippen LogP contribution < -0.4 is 9.44 Å². The Kier molecular flexibility index (Phi) is 7.81. The molecule has 0 aliphatic rings. The van der Waals surface area contributed by atoms with Crippen molar-refractivity contribution >= 4 is 16.3 Å². The summed E-state index contributed by atoms with van der Waals surface area (Å²) in [6.07, 6.45) is -1.04. The maximum Gasteiger partial charge on any atom is 0.421 e. The van der Waals surface area contributed by atoms with Gasteiger partial charge in [0, 0.05) is 6.54 Å². The second-order valence-electron chi connectivity index (χ2n) is 2.56. The molecule has 0 unspecified atom stereocenters. The van der Waals surface area contributed by atoms with Gasteiger partial charge in [0.25, 0.3) is 0 Å².